The highest BCUT2D eigenvalue weighted by Gasteiger charge is 2.10. The molecular weight excluding hydrogens is 256 g/mol. The molecule has 2 amide bonds. The van der Waals surface area contributed by atoms with E-state index in [4.69, 9.17) is 4.74 Å². The van der Waals surface area contributed by atoms with Crippen molar-refractivity contribution in [2.45, 2.75) is 33.3 Å². The van der Waals surface area contributed by atoms with Crippen LogP contribution in [0.25, 0.3) is 0 Å². The van der Waals surface area contributed by atoms with Crippen LogP contribution in [-0.2, 0) is 0 Å². The molecule has 0 fully saturated rings. The average molecular weight is 280 g/mol. The zero-order valence-corrected chi connectivity index (χ0v) is 12.6. The molecule has 0 radical (unpaired) electrons. The van der Waals surface area contributed by atoms with Gasteiger partial charge in [0.1, 0.15) is 5.75 Å². The SMILES string of the molecule is COc1ccc(C)cc1NC(=O)NCCC(O)C(C)C. The van der Waals surface area contributed by atoms with Gasteiger partial charge in [-0.1, -0.05) is 19.9 Å². The van der Waals surface area contributed by atoms with Gasteiger partial charge in [-0.05, 0) is 37.0 Å². The third-order valence-electron chi connectivity index (χ3n) is 3.10. The first-order valence-electron chi connectivity index (χ1n) is 6.81. The molecule has 1 rings (SSSR count). The second-order valence-electron chi connectivity index (χ2n) is 5.18. The molecule has 112 valence electrons. The smallest absolute Gasteiger partial charge is 0.319 e. The van der Waals surface area contributed by atoms with E-state index < -0.39 is 6.10 Å². The molecule has 0 saturated carbocycles. The van der Waals surface area contributed by atoms with Crippen molar-refractivity contribution in [1.82, 2.24) is 5.32 Å². The minimum absolute atomic E-state index is 0.191. The summed E-state index contributed by atoms with van der Waals surface area (Å²) in [6, 6.07) is 5.28. The van der Waals surface area contributed by atoms with Crippen LogP contribution in [0, 0.1) is 12.8 Å². The van der Waals surface area contributed by atoms with E-state index in [2.05, 4.69) is 10.6 Å². The number of nitrogens with one attached hydrogen (secondary N) is 2. The summed E-state index contributed by atoms with van der Waals surface area (Å²) < 4.78 is 5.19. The Hall–Kier alpha value is -1.75. The molecule has 3 N–H and O–H groups in total. The van der Waals surface area contributed by atoms with Crippen LogP contribution in [0.1, 0.15) is 25.8 Å². The zero-order valence-electron chi connectivity index (χ0n) is 12.6. The van der Waals surface area contributed by atoms with E-state index in [1.807, 2.05) is 39.0 Å². The van der Waals surface area contributed by atoms with Crippen molar-refractivity contribution < 1.29 is 14.6 Å². The third-order valence-corrected chi connectivity index (χ3v) is 3.10. The summed E-state index contributed by atoms with van der Waals surface area (Å²) in [6.07, 6.45) is 0.138. The van der Waals surface area contributed by atoms with Crippen molar-refractivity contribution in [3.05, 3.63) is 23.8 Å². The van der Waals surface area contributed by atoms with E-state index in [0.29, 0.717) is 24.4 Å². The molecule has 1 atom stereocenters. The number of ether oxygens (including phenoxy) is 1. The summed E-state index contributed by atoms with van der Waals surface area (Å²) in [6.45, 7) is 6.27. The highest BCUT2D eigenvalue weighted by Crippen LogP contribution is 2.24. The molecular formula is C15H24N2O3. The second kappa shape index (κ2) is 7.75. The van der Waals surface area contributed by atoms with Crippen molar-refractivity contribution in [1.29, 1.82) is 0 Å². The Morgan fingerprint density at radius 2 is 2.10 bits per heavy atom. The van der Waals surface area contributed by atoms with Gasteiger partial charge in [0.05, 0.1) is 18.9 Å². The molecule has 20 heavy (non-hydrogen) atoms. The van der Waals surface area contributed by atoms with E-state index in [-0.39, 0.29) is 11.9 Å². The van der Waals surface area contributed by atoms with Gasteiger partial charge in [0.25, 0.3) is 0 Å². The lowest BCUT2D eigenvalue weighted by molar-refractivity contribution is 0.117. The summed E-state index contributed by atoms with van der Waals surface area (Å²) in [5.74, 6) is 0.810. The number of aliphatic hydroxyl groups excluding tert-OH is 1. The molecule has 0 bridgehead atoms. The van der Waals surface area contributed by atoms with Crippen LogP contribution in [0.15, 0.2) is 18.2 Å². The van der Waals surface area contributed by atoms with E-state index in [0.717, 1.165) is 5.56 Å². The molecule has 1 unspecified atom stereocenters. The number of hydrogen-bond donors (Lipinski definition) is 3. The van der Waals surface area contributed by atoms with Crippen LogP contribution in [0.3, 0.4) is 0 Å². The van der Waals surface area contributed by atoms with E-state index >= 15 is 0 Å². The van der Waals surface area contributed by atoms with E-state index in [1.165, 1.54) is 0 Å². The van der Waals surface area contributed by atoms with Crippen molar-refractivity contribution in [2.75, 3.05) is 19.0 Å². The molecule has 0 aromatic heterocycles. The monoisotopic (exact) mass is 280 g/mol. The first-order valence-corrected chi connectivity index (χ1v) is 6.81. The van der Waals surface area contributed by atoms with Gasteiger partial charge in [-0.3, -0.25) is 0 Å². The van der Waals surface area contributed by atoms with Gasteiger partial charge in [-0.15, -0.1) is 0 Å². The maximum Gasteiger partial charge on any atom is 0.319 e. The van der Waals surface area contributed by atoms with Crippen molar-refractivity contribution >= 4 is 11.7 Å². The third kappa shape index (κ3) is 5.09. The number of aliphatic hydroxyl groups is 1. The number of rotatable bonds is 6. The molecule has 0 aliphatic carbocycles. The Kier molecular flexibility index (Phi) is 6.31. The highest BCUT2D eigenvalue weighted by atomic mass is 16.5. The van der Waals surface area contributed by atoms with Gasteiger partial charge in [0, 0.05) is 6.54 Å². The fraction of sp³-hybridized carbons (Fsp3) is 0.533. The molecule has 0 spiro atoms. The normalized spacial score (nSPS) is 12.1. The van der Waals surface area contributed by atoms with Crippen LogP contribution in [-0.4, -0.2) is 30.9 Å². The minimum atomic E-state index is -0.399. The van der Waals surface area contributed by atoms with Crippen LogP contribution < -0.4 is 15.4 Å². The first kappa shape index (κ1) is 16.3. The Morgan fingerprint density at radius 1 is 1.40 bits per heavy atom. The first-order chi connectivity index (χ1) is 9.43. The van der Waals surface area contributed by atoms with Gasteiger partial charge in [-0.25, -0.2) is 4.79 Å². The number of methoxy groups -OCH3 is 1. The number of carbonyl (C=O) groups excluding carboxylic acids is 1. The van der Waals surface area contributed by atoms with Gasteiger partial charge >= 0.3 is 6.03 Å². The van der Waals surface area contributed by atoms with Gasteiger partial charge in [0.15, 0.2) is 0 Å². The van der Waals surface area contributed by atoms with E-state index in [1.54, 1.807) is 7.11 Å². The molecule has 0 aliphatic heterocycles. The van der Waals surface area contributed by atoms with Crippen LogP contribution >= 0.6 is 0 Å². The topological polar surface area (TPSA) is 70.6 Å². The minimum Gasteiger partial charge on any atom is -0.495 e. The van der Waals surface area contributed by atoms with E-state index in [9.17, 15) is 9.90 Å². The predicted octanol–water partition coefficient (Wildman–Crippen LogP) is 2.53. The fourth-order valence-electron chi connectivity index (χ4n) is 1.75. The lowest BCUT2D eigenvalue weighted by Crippen LogP contribution is -2.32. The fourth-order valence-corrected chi connectivity index (χ4v) is 1.75. The number of hydrogen-bond acceptors (Lipinski definition) is 3. The lowest BCUT2D eigenvalue weighted by atomic mass is 10.0. The van der Waals surface area contributed by atoms with Gasteiger partial charge in [-0.2, -0.15) is 0 Å². The predicted molar refractivity (Wildman–Crippen MR) is 80.2 cm³/mol. The number of amides is 2. The maximum absolute atomic E-state index is 11.8. The molecule has 0 aliphatic rings. The number of benzene rings is 1. The highest BCUT2D eigenvalue weighted by molar-refractivity contribution is 5.91. The van der Waals surface area contributed by atoms with Crippen LogP contribution in [0.2, 0.25) is 0 Å². The standard InChI is InChI=1S/C15H24N2O3/c1-10(2)13(18)7-8-16-15(19)17-12-9-11(3)5-6-14(12)20-4/h5-6,9-10,13,18H,7-8H2,1-4H3,(H2,16,17,19). The number of carbonyl (C=O) groups is 1. The van der Waals surface area contributed by atoms with Crippen molar-refractivity contribution in [3.8, 4) is 5.75 Å². The number of urea groups is 1. The van der Waals surface area contributed by atoms with Crippen LogP contribution in [0.4, 0.5) is 10.5 Å². The number of anilines is 1. The van der Waals surface area contributed by atoms with Crippen LogP contribution in [0.5, 0.6) is 5.75 Å². The molecule has 0 saturated heterocycles. The Labute approximate surface area is 120 Å². The quantitative estimate of drug-likeness (QED) is 0.750. The Balaban J connectivity index is 2.48. The largest absolute Gasteiger partial charge is 0.495 e. The molecule has 5 heteroatoms. The molecule has 1 aromatic carbocycles. The second-order valence-corrected chi connectivity index (χ2v) is 5.18. The summed E-state index contributed by atoms with van der Waals surface area (Å²) in [5.41, 5.74) is 1.67. The molecule has 0 heterocycles. The summed E-state index contributed by atoms with van der Waals surface area (Å²) in [5, 5.41) is 15.1. The molecule has 5 nitrogen and oxygen atoms in total. The van der Waals surface area contributed by atoms with Crippen molar-refractivity contribution in [3.63, 3.8) is 0 Å². The average Bonchev–Trinajstić information content (AvgIpc) is 2.38. The summed E-state index contributed by atoms with van der Waals surface area (Å²) in [7, 11) is 1.56. The summed E-state index contributed by atoms with van der Waals surface area (Å²) >= 11 is 0. The summed E-state index contributed by atoms with van der Waals surface area (Å²) in [4.78, 5) is 11.8. The maximum atomic E-state index is 11.8. The van der Waals surface area contributed by atoms with Crippen molar-refractivity contribution in [2.24, 2.45) is 5.92 Å². The van der Waals surface area contributed by atoms with Gasteiger partial charge in [0.2, 0.25) is 0 Å². The van der Waals surface area contributed by atoms with Gasteiger partial charge < -0.3 is 20.5 Å². The number of aryl methyl sites for hydroxylation is 1. The lowest BCUT2D eigenvalue weighted by Gasteiger charge is -2.15. The Bertz CT molecular complexity index is 447. The molecule has 1 aromatic rings. The Morgan fingerprint density at radius 3 is 2.70 bits per heavy atom. The zero-order chi connectivity index (χ0) is 15.1.